The van der Waals surface area contributed by atoms with Gasteiger partial charge in [-0.3, -0.25) is 53.6 Å². The van der Waals surface area contributed by atoms with Gasteiger partial charge in [0.05, 0.1) is 13.2 Å². The highest BCUT2D eigenvalue weighted by Gasteiger charge is 2.38. The summed E-state index contributed by atoms with van der Waals surface area (Å²) >= 11 is 0. The van der Waals surface area contributed by atoms with Crippen molar-refractivity contribution in [1.82, 2.24) is 47.3 Å². The summed E-state index contributed by atoms with van der Waals surface area (Å²) in [4.78, 5) is 127. The Hall–Kier alpha value is -5.76. The lowest BCUT2D eigenvalue weighted by molar-refractivity contribution is -0.163. The van der Waals surface area contributed by atoms with Crippen LogP contribution in [0.25, 0.3) is 0 Å². The average Bonchev–Trinajstić information content (AvgIpc) is 3.35. The number of aliphatic carboxylic acids is 1. The first-order valence-electron chi connectivity index (χ1n) is 23.6. The molecule has 0 bridgehead atoms. The molecule has 1 rings (SSSR count). The predicted molar refractivity (Wildman–Crippen MR) is 244 cm³/mol. The monoisotopic (exact) mass is 986 g/mol. The summed E-state index contributed by atoms with van der Waals surface area (Å²) in [6.07, 6.45) is 12.2. The van der Waals surface area contributed by atoms with Gasteiger partial charge in [0, 0.05) is 39.9 Å². The molecule has 13 N–H and O–H groups in total. The summed E-state index contributed by atoms with van der Waals surface area (Å²) < 4.78 is 0. The number of rotatable bonds is 33. The number of hydroxylamine groups is 4. The number of aliphatic hydroxyl groups is 3. The quantitative estimate of drug-likeness (QED) is 0.0148. The van der Waals surface area contributed by atoms with E-state index in [2.05, 4.69) is 56.3 Å². The Morgan fingerprint density at radius 3 is 1.68 bits per heavy atom. The first kappa shape index (κ1) is 61.3. The third-order valence-electron chi connectivity index (χ3n) is 11.0. The van der Waals surface area contributed by atoms with E-state index in [4.69, 9.17) is 0 Å². The second-order valence-electron chi connectivity index (χ2n) is 16.8. The van der Waals surface area contributed by atoms with Crippen LogP contribution in [0.1, 0.15) is 130 Å². The number of nitrogens with zero attached hydrogens (tertiary/aromatic N) is 2. The minimum Gasteiger partial charge on any atom is -0.480 e. The summed E-state index contributed by atoms with van der Waals surface area (Å²) in [5, 5.41) is 76.4. The van der Waals surface area contributed by atoms with Crippen molar-refractivity contribution < 1.29 is 78.8 Å². The fraction of sp³-hybridized carbons (Fsp3) is 0.727. The highest BCUT2D eigenvalue weighted by atomic mass is 16.5. The molecule has 69 heavy (non-hydrogen) atoms. The molecule has 25 heteroatoms. The number of nitrogens with one attached hydrogen (secondary N) is 7. The number of carbonyl (C=O) groups is 10. The van der Waals surface area contributed by atoms with E-state index >= 15 is 0 Å². The molecule has 1 fully saturated rings. The van der Waals surface area contributed by atoms with E-state index < -0.39 is 115 Å². The third-order valence-corrected chi connectivity index (χ3v) is 11.0. The number of carboxylic acids is 1. The van der Waals surface area contributed by atoms with Gasteiger partial charge in [0.2, 0.25) is 47.3 Å². The van der Waals surface area contributed by atoms with Crippen LogP contribution in [0.5, 0.6) is 0 Å². The first-order chi connectivity index (χ1) is 32.8. The van der Waals surface area contributed by atoms with Crippen molar-refractivity contribution in [2.24, 2.45) is 0 Å². The highest BCUT2D eigenvalue weighted by molar-refractivity contribution is 5.99. The minimum atomic E-state index is -2.03. The van der Waals surface area contributed by atoms with Crippen LogP contribution >= 0.6 is 0 Å². The maximum Gasteiger partial charge on any atom is 0.326 e. The molecule has 9 amide bonds. The van der Waals surface area contributed by atoms with Crippen molar-refractivity contribution in [2.75, 3.05) is 32.8 Å². The molecule has 1 aliphatic heterocycles. The normalized spacial score (nSPS) is 17.8. The number of aliphatic hydroxyl groups excluding tert-OH is 3. The van der Waals surface area contributed by atoms with Crippen molar-refractivity contribution in [1.29, 1.82) is 0 Å². The molecular weight excluding hydrogens is 911 g/mol. The number of hydrogen-bond donors (Lipinski definition) is 13. The lowest BCUT2D eigenvalue weighted by Crippen LogP contribution is -2.61. The third kappa shape index (κ3) is 24.9. The molecule has 1 heterocycles. The smallest absolute Gasteiger partial charge is 0.326 e. The number of hydrogen-bond acceptors (Lipinski definition) is 15. The fourth-order valence-electron chi connectivity index (χ4n) is 6.87. The van der Waals surface area contributed by atoms with Crippen LogP contribution < -0.4 is 37.2 Å². The standard InChI is InChI=1S/C44H75N9O16/c1-4-5-6-7-8-9-10-11-12-13-14-15-16-21-35(58)51-36-37(59)43(65)45-23-22-31(47-42(36)64)39(61)50-33(26-54)40(62)46-30(19-17-24-52(68)28(2)56)38(60)49-34(27-55)41(63)48-32(44(66)67)20-18-25-53(69)29(3)57/h9-10,30-34,36-37,54-55,59,68-69H,4-8,11-27H2,1-3H3,(H,45,65)(H,46,62)(H,47,64)(H,48,63)(H,49,60)(H,50,61)(H,51,58)(H,66,67)/b10-9-/t30-,31?,32+,33-,34+,36?,37?/m1/s1. The topological polar surface area (TPSA) is 383 Å². The molecule has 0 saturated carbocycles. The number of amides is 9. The summed E-state index contributed by atoms with van der Waals surface area (Å²) in [5.41, 5.74) is 0. The van der Waals surface area contributed by atoms with Crippen LogP contribution in [-0.4, -0.2) is 175 Å². The first-order valence-corrected chi connectivity index (χ1v) is 23.6. The van der Waals surface area contributed by atoms with Gasteiger partial charge in [-0.1, -0.05) is 57.6 Å². The Bertz CT molecular complexity index is 1720. The zero-order chi connectivity index (χ0) is 51.9. The van der Waals surface area contributed by atoms with Crippen LogP contribution in [0.15, 0.2) is 12.2 Å². The van der Waals surface area contributed by atoms with Crippen LogP contribution in [0.4, 0.5) is 0 Å². The Balaban J connectivity index is 2.99. The van der Waals surface area contributed by atoms with Crippen molar-refractivity contribution in [3.05, 3.63) is 12.2 Å². The second-order valence-corrected chi connectivity index (χ2v) is 16.8. The Morgan fingerprint density at radius 2 is 1.14 bits per heavy atom. The zero-order valence-electron chi connectivity index (χ0n) is 39.9. The molecule has 25 nitrogen and oxygen atoms in total. The number of allylic oxidation sites excluding steroid dienone is 2. The summed E-state index contributed by atoms with van der Waals surface area (Å²) in [6.45, 7) is 1.26. The van der Waals surface area contributed by atoms with Crippen LogP contribution in [0, 0.1) is 0 Å². The molecule has 392 valence electrons. The zero-order valence-corrected chi connectivity index (χ0v) is 39.9. The van der Waals surface area contributed by atoms with Crippen molar-refractivity contribution >= 4 is 59.1 Å². The number of carboxylic acid groups (broad SMARTS) is 1. The fourth-order valence-corrected chi connectivity index (χ4v) is 6.87. The largest absolute Gasteiger partial charge is 0.480 e. The van der Waals surface area contributed by atoms with Gasteiger partial charge in [0.15, 0.2) is 6.10 Å². The lowest BCUT2D eigenvalue weighted by atomic mass is 10.1. The Kier molecular flexibility index (Phi) is 30.6. The highest BCUT2D eigenvalue weighted by Crippen LogP contribution is 2.11. The van der Waals surface area contributed by atoms with Crippen LogP contribution in [-0.2, 0) is 47.9 Å². The van der Waals surface area contributed by atoms with E-state index in [1.165, 1.54) is 25.7 Å². The van der Waals surface area contributed by atoms with Gasteiger partial charge in [-0.15, -0.1) is 0 Å². The van der Waals surface area contributed by atoms with E-state index in [0.29, 0.717) is 16.5 Å². The molecule has 0 aromatic carbocycles. The molecule has 0 radical (unpaired) electrons. The Labute approximate surface area is 401 Å². The van der Waals surface area contributed by atoms with Gasteiger partial charge in [0.25, 0.3) is 5.91 Å². The van der Waals surface area contributed by atoms with Gasteiger partial charge in [-0.25, -0.2) is 14.9 Å². The molecule has 0 aliphatic carbocycles. The molecule has 3 unspecified atom stereocenters. The number of carbonyl (C=O) groups excluding carboxylic acids is 9. The van der Waals surface area contributed by atoms with Crippen molar-refractivity contribution in [3.8, 4) is 0 Å². The van der Waals surface area contributed by atoms with E-state index in [0.717, 1.165) is 52.4 Å². The molecular formula is C44H75N9O16. The van der Waals surface area contributed by atoms with E-state index in [-0.39, 0.29) is 58.2 Å². The molecule has 0 aromatic heterocycles. The van der Waals surface area contributed by atoms with Crippen LogP contribution in [0.3, 0.4) is 0 Å². The Morgan fingerprint density at radius 1 is 0.667 bits per heavy atom. The lowest BCUT2D eigenvalue weighted by Gasteiger charge is -2.26. The van der Waals surface area contributed by atoms with Crippen molar-refractivity contribution in [3.63, 3.8) is 0 Å². The molecule has 1 saturated heterocycles. The van der Waals surface area contributed by atoms with Gasteiger partial charge >= 0.3 is 5.97 Å². The predicted octanol–water partition coefficient (Wildman–Crippen LogP) is -1.86. The summed E-state index contributed by atoms with van der Waals surface area (Å²) in [5.74, 6) is -10.3. The van der Waals surface area contributed by atoms with Crippen LogP contribution in [0.2, 0.25) is 0 Å². The van der Waals surface area contributed by atoms with Gasteiger partial charge < -0.3 is 57.6 Å². The van der Waals surface area contributed by atoms with E-state index in [1.54, 1.807) is 0 Å². The van der Waals surface area contributed by atoms with Gasteiger partial charge in [-0.05, 0) is 64.2 Å². The van der Waals surface area contributed by atoms with E-state index in [1.807, 2.05) is 0 Å². The van der Waals surface area contributed by atoms with Gasteiger partial charge in [-0.2, -0.15) is 0 Å². The molecule has 1 aliphatic rings. The van der Waals surface area contributed by atoms with E-state index in [9.17, 15) is 78.8 Å². The van der Waals surface area contributed by atoms with Gasteiger partial charge in [0.1, 0.15) is 36.3 Å². The average molecular weight is 986 g/mol. The second kappa shape index (κ2) is 34.5. The number of unbranched alkanes of at least 4 members (excludes halogenated alkanes) is 9. The SMILES string of the molecule is CCCCCC/C=C\CCCCCCCC(=O)NC1C(=O)NC(C(=O)N[C@H](CO)C(=O)N[C@H](CCCN(O)C(C)=O)C(=O)N[C@@H](CO)C(=O)N[C@@H](CCCN(O)C(C)=O)C(=O)O)CCNC(=O)C1O. The molecule has 7 atom stereocenters. The summed E-state index contributed by atoms with van der Waals surface area (Å²) in [7, 11) is 0. The van der Waals surface area contributed by atoms with Crippen molar-refractivity contribution in [2.45, 2.75) is 172 Å². The summed E-state index contributed by atoms with van der Waals surface area (Å²) in [6, 6.07) is -10.2. The maximum absolute atomic E-state index is 13.5. The minimum absolute atomic E-state index is 0.00473. The molecule has 0 aromatic rings. The maximum atomic E-state index is 13.5. The molecule has 0 spiro atoms.